The number of ether oxygens (including phenoxy) is 2. The average Bonchev–Trinajstić information content (AvgIpc) is 2.51. The minimum Gasteiger partial charge on any atom is -0.545 e. The molecule has 0 aliphatic carbocycles. The van der Waals surface area contributed by atoms with Gasteiger partial charge in [-0.05, 0) is 23.8 Å². The fraction of sp³-hybridized carbons (Fsp3) is 0.357. The lowest BCUT2D eigenvalue weighted by atomic mass is 10.2. The summed E-state index contributed by atoms with van der Waals surface area (Å²) in [6.45, 7) is -0.452. The van der Waals surface area contributed by atoms with Crippen molar-refractivity contribution in [3.05, 3.63) is 23.8 Å². The van der Waals surface area contributed by atoms with Crippen LogP contribution in [0.15, 0.2) is 23.1 Å². The highest BCUT2D eigenvalue weighted by Gasteiger charge is 2.27. The second kappa shape index (κ2) is 7.95. The average molecular weight is 344 g/mol. The van der Waals surface area contributed by atoms with Gasteiger partial charge in [0.15, 0.2) is 11.5 Å². The van der Waals surface area contributed by atoms with E-state index in [4.69, 9.17) is 14.6 Å². The summed E-state index contributed by atoms with van der Waals surface area (Å²) in [4.78, 5) is 10.3. The first-order chi connectivity index (χ1) is 10.8. The van der Waals surface area contributed by atoms with Crippen LogP contribution in [0, 0.1) is 0 Å². The van der Waals surface area contributed by atoms with Crippen molar-refractivity contribution >= 4 is 22.1 Å². The van der Waals surface area contributed by atoms with Gasteiger partial charge in [0.1, 0.15) is 4.90 Å². The number of rotatable bonds is 8. The standard InChI is InChI=1S/C14H19NO7S/c1-15(6-7-16)23(19,20)12-9-10(4-5-13(17)18)8-11(21-2)14(12)22-3/h4-5,8-9,16H,6-7H2,1-3H3,(H,17,18)/p-1/b5-4+. The maximum atomic E-state index is 12.6. The van der Waals surface area contributed by atoms with Crippen LogP contribution >= 0.6 is 0 Å². The molecule has 0 bridgehead atoms. The van der Waals surface area contributed by atoms with Gasteiger partial charge in [-0.3, -0.25) is 0 Å². The minimum absolute atomic E-state index is 0.0112. The van der Waals surface area contributed by atoms with E-state index in [1.165, 1.54) is 39.5 Å². The third-order valence-electron chi connectivity index (χ3n) is 2.98. The molecule has 9 heteroatoms. The number of aliphatic hydroxyl groups excluding tert-OH is 1. The van der Waals surface area contributed by atoms with Gasteiger partial charge in [-0.1, -0.05) is 6.08 Å². The van der Waals surface area contributed by atoms with Crippen LogP contribution in [-0.2, 0) is 14.8 Å². The zero-order chi connectivity index (χ0) is 17.6. The first-order valence-corrected chi connectivity index (χ1v) is 7.94. The molecule has 1 aromatic carbocycles. The third kappa shape index (κ3) is 4.44. The first kappa shape index (κ1) is 18.9. The molecule has 0 saturated carbocycles. The van der Waals surface area contributed by atoms with Gasteiger partial charge in [0.05, 0.1) is 26.8 Å². The Bertz CT molecular complexity index is 697. The van der Waals surface area contributed by atoms with Gasteiger partial charge in [0.25, 0.3) is 0 Å². The van der Waals surface area contributed by atoms with Crippen LogP contribution in [-0.4, -0.2) is 58.2 Å². The number of carboxylic acids is 1. The second-order valence-corrected chi connectivity index (χ2v) is 6.47. The lowest BCUT2D eigenvalue weighted by Crippen LogP contribution is -2.30. The highest BCUT2D eigenvalue weighted by atomic mass is 32.2. The van der Waals surface area contributed by atoms with Crippen LogP contribution in [0.25, 0.3) is 6.08 Å². The molecule has 0 aromatic heterocycles. The predicted octanol–water partition coefficient (Wildman–Crippen LogP) is -0.920. The summed E-state index contributed by atoms with van der Waals surface area (Å²) in [5.41, 5.74) is 0.280. The van der Waals surface area contributed by atoms with Crippen molar-refractivity contribution in [2.24, 2.45) is 0 Å². The van der Waals surface area contributed by atoms with E-state index < -0.39 is 16.0 Å². The molecule has 0 spiro atoms. The number of carbonyl (C=O) groups is 1. The van der Waals surface area contributed by atoms with Crippen molar-refractivity contribution in [2.45, 2.75) is 4.90 Å². The Morgan fingerprint density at radius 1 is 1.35 bits per heavy atom. The van der Waals surface area contributed by atoms with E-state index in [0.29, 0.717) is 0 Å². The summed E-state index contributed by atoms with van der Waals surface area (Å²) < 4.78 is 36.3. The number of methoxy groups -OCH3 is 2. The molecule has 128 valence electrons. The second-order valence-electron chi connectivity index (χ2n) is 4.46. The minimum atomic E-state index is -3.97. The molecule has 23 heavy (non-hydrogen) atoms. The number of benzene rings is 1. The van der Waals surface area contributed by atoms with Crippen LogP contribution < -0.4 is 14.6 Å². The third-order valence-corrected chi connectivity index (χ3v) is 4.84. The van der Waals surface area contributed by atoms with Gasteiger partial charge in [-0.25, -0.2) is 8.42 Å². The van der Waals surface area contributed by atoms with Crippen molar-refractivity contribution in [3.63, 3.8) is 0 Å². The predicted molar refractivity (Wildman–Crippen MR) is 80.5 cm³/mol. The van der Waals surface area contributed by atoms with Crippen LogP contribution in [0.1, 0.15) is 5.56 Å². The highest BCUT2D eigenvalue weighted by Crippen LogP contribution is 2.37. The first-order valence-electron chi connectivity index (χ1n) is 6.50. The van der Waals surface area contributed by atoms with Gasteiger partial charge < -0.3 is 24.5 Å². The van der Waals surface area contributed by atoms with Crippen molar-refractivity contribution in [3.8, 4) is 11.5 Å². The Hall–Kier alpha value is -2.10. The monoisotopic (exact) mass is 344 g/mol. The Morgan fingerprint density at radius 3 is 2.48 bits per heavy atom. The quantitative estimate of drug-likeness (QED) is 0.606. The molecule has 0 amide bonds. The summed E-state index contributed by atoms with van der Waals surface area (Å²) in [5, 5.41) is 19.4. The summed E-state index contributed by atoms with van der Waals surface area (Å²) >= 11 is 0. The van der Waals surface area contributed by atoms with Gasteiger partial charge in [-0.2, -0.15) is 4.31 Å². The van der Waals surface area contributed by atoms with E-state index in [-0.39, 0.29) is 35.1 Å². The molecule has 8 nitrogen and oxygen atoms in total. The summed E-state index contributed by atoms with van der Waals surface area (Å²) in [5.74, 6) is -1.30. The van der Waals surface area contributed by atoms with E-state index in [1.807, 2.05) is 0 Å². The number of nitrogens with zero attached hydrogens (tertiary/aromatic N) is 1. The van der Waals surface area contributed by atoms with Crippen LogP contribution in [0.2, 0.25) is 0 Å². The van der Waals surface area contributed by atoms with E-state index in [1.54, 1.807) is 0 Å². The van der Waals surface area contributed by atoms with E-state index in [2.05, 4.69) is 0 Å². The molecular formula is C14H18NO7S-. The number of hydrogen-bond donors (Lipinski definition) is 1. The van der Waals surface area contributed by atoms with Crippen LogP contribution in [0.3, 0.4) is 0 Å². The maximum Gasteiger partial charge on any atom is 0.246 e. The zero-order valence-electron chi connectivity index (χ0n) is 13.0. The Morgan fingerprint density at radius 2 is 2.00 bits per heavy atom. The molecule has 0 unspecified atom stereocenters. The fourth-order valence-corrected chi connectivity index (χ4v) is 3.19. The summed E-state index contributed by atoms with van der Waals surface area (Å²) in [7, 11) is -0.0369. The van der Waals surface area contributed by atoms with Gasteiger partial charge in [-0.15, -0.1) is 0 Å². The molecule has 0 heterocycles. The number of hydrogen-bond acceptors (Lipinski definition) is 7. The number of carboxylic acid groups (broad SMARTS) is 1. The fourth-order valence-electron chi connectivity index (χ4n) is 1.83. The van der Waals surface area contributed by atoms with Crippen LogP contribution in [0.4, 0.5) is 0 Å². The zero-order valence-corrected chi connectivity index (χ0v) is 13.8. The van der Waals surface area contributed by atoms with Gasteiger partial charge in [0, 0.05) is 13.6 Å². The molecule has 0 aliphatic heterocycles. The number of carbonyl (C=O) groups excluding carboxylic acids is 1. The Kier molecular flexibility index (Phi) is 6.55. The van der Waals surface area contributed by atoms with Crippen molar-refractivity contribution in [1.29, 1.82) is 0 Å². The number of aliphatic carboxylic acids is 1. The molecule has 0 radical (unpaired) electrons. The SMILES string of the molecule is COc1cc(/C=C/C(=O)[O-])cc(S(=O)(=O)N(C)CCO)c1OC. The highest BCUT2D eigenvalue weighted by molar-refractivity contribution is 7.89. The largest absolute Gasteiger partial charge is 0.545 e. The Balaban J connectivity index is 3.55. The smallest absolute Gasteiger partial charge is 0.246 e. The van der Waals surface area contributed by atoms with E-state index >= 15 is 0 Å². The van der Waals surface area contributed by atoms with Gasteiger partial charge in [0.2, 0.25) is 10.0 Å². The van der Waals surface area contributed by atoms with Gasteiger partial charge >= 0.3 is 0 Å². The topological polar surface area (TPSA) is 116 Å². The Labute approximate surface area is 134 Å². The number of aliphatic hydroxyl groups is 1. The van der Waals surface area contributed by atoms with E-state index in [9.17, 15) is 18.3 Å². The number of likely N-dealkylation sites (N-methyl/N-ethyl adjacent to an activating group) is 1. The summed E-state index contributed by atoms with van der Waals surface area (Å²) in [6.07, 6.45) is 1.96. The molecule has 1 rings (SSSR count). The molecule has 0 fully saturated rings. The molecular weight excluding hydrogens is 326 g/mol. The van der Waals surface area contributed by atoms with E-state index in [0.717, 1.165) is 10.4 Å². The molecule has 0 saturated heterocycles. The summed E-state index contributed by atoms with van der Waals surface area (Å²) in [6, 6.07) is 2.69. The lowest BCUT2D eigenvalue weighted by Gasteiger charge is -2.19. The number of sulfonamides is 1. The molecule has 0 atom stereocenters. The maximum absolute atomic E-state index is 12.6. The van der Waals surface area contributed by atoms with Crippen LogP contribution in [0.5, 0.6) is 11.5 Å². The molecule has 1 aromatic rings. The molecule has 0 aliphatic rings. The van der Waals surface area contributed by atoms with Crippen molar-refractivity contribution < 1.29 is 32.9 Å². The lowest BCUT2D eigenvalue weighted by molar-refractivity contribution is -0.297. The molecule has 1 N–H and O–H groups in total. The van der Waals surface area contributed by atoms with Crippen molar-refractivity contribution in [1.82, 2.24) is 4.31 Å². The normalized spacial score (nSPS) is 11.9. The van der Waals surface area contributed by atoms with Crippen molar-refractivity contribution in [2.75, 3.05) is 34.4 Å².